The highest BCUT2D eigenvalue weighted by atomic mass is 32.1. The van der Waals surface area contributed by atoms with Crippen LogP contribution in [0.25, 0.3) is 9.40 Å². The molecule has 3 aromatic rings. The monoisotopic (exact) mass is 301 g/mol. The Labute approximate surface area is 128 Å². The zero-order valence-corrected chi connectivity index (χ0v) is 13.3. The number of thiophene rings is 2. The molecule has 0 bridgehead atoms. The van der Waals surface area contributed by atoms with Crippen LogP contribution < -0.4 is 5.32 Å². The van der Waals surface area contributed by atoms with Gasteiger partial charge in [-0.15, -0.1) is 22.7 Å². The molecule has 20 heavy (non-hydrogen) atoms. The fourth-order valence-electron chi connectivity index (χ4n) is 2.50. The lowest BCUT2D eigenvalue weighted by molar-refractivity contribution is 0.523. The molecule has 0 spiro atoms. The second-order valence-corrected chi connectivity index (χ2v) is 7.00. The standard InChI is InChI=1S/C17H19NS2/c1-2-18-14(9-8-13-6-4-3-5-7-13)16-12-17-15(20-16)10-11-19-17/h3-7,10-12,14,18H,2,8-9H2,1H3. The van der Waals surface area contributed by atoms with E-state index >= 15 is 0 Å². The van der Waals surface area contributed by atoms with Crippen molar-refractivity contribution in [2.45, 2.75) is 25.8 Å². The van der Waals surface area contributed by atoms with Gasteiger partial charge in [-0.3, -0.25) is 0 Å². The van der Waals surface area contributed by atoms with Gasteiger partial charge in [0.2, 0.25) is 0 Å². The molecule has 104 valence electrons. The minimum atomic E-state index is 0.477. The number of nitrogens with one attached hydrogen (secondary N) is 1. The molecule has 1 N–H and O–H groups in total. The molecule has 1 unspecified atom stereocenters. The van der Waals surface area contributed by atoms with E-state index < -0.39 is 0 Å². The maximum absolute atomic E-state index is 3.63. The lowest BCUT2D eigenvalue weighted by Crippen LogP contribution is -2.20. The van der Waals surface area contributed by atoms with E-state index in [0.29, 0.717) is 6.04 Å². The number of hydrogen-bond acceptors (Lipinski definition) is 3. The molecule has 1 atom stereocenters. The predicted octanol–water partition coefficient (Wildman–Crippen LogP) is 5.25. The molecule has 2 aromatic heterocycles. The van der Waals surface area contributed by atoms with Crippen molar-refractivity contribution in [1.29, 1.82) is 0 Å². The van der Waals surface area contributed by atoms with Crippen molar-refractivity contribution in [2.24, 2.45) is 0 Å². The van der Waals surface area contributed by atoms with Crippen LogP contribution in [0.4, 0.5) is 0 Å². The van der Waals surface area contributed by atoms with Crippen molar-refractivity contribution in [3.8, 4) is 0 Å². The van der Waals surface area contributed by atoms with Crippen molar-refractivity contribution in [3.63, 3.8) is 0 Å². The molecular weight excluding hydrogens is 282 g/mol. The summed E-state index contributed by atoms with van der Waals surface area (Å²) in [7, 11) is 0. The van der Waals surface area contributed by atoms with Crippen LogP contribution in [0.5, 0.6) is 0 Å². The van der Waals surface area contributed by atoms with Gasteiger partial charge in [-0.05, 0) is 42.5 Å². The topological polar surface area (TPSA) is 12.0 Å². The van der Waals surface area contributed by atoms with Gasteiger partial charge in [0.05, 0.1) is 0 Å². The third-order valence-electron chi connectivity index (χ3n) is 3.52. The summed E-state index contributed by atoms with van der Waals surface area (Å²) in [6, 6.07) is 15.8. The van der Waals surface area contributed by atoms with Crippen molar-refractivity contribution in [1.82, 2.24) is 5.32 Å². The van der Waals surface area contributed by atoms with Gasteiger partial charge in [0.1, 0.15) is 0 Å². The fraction of sp³-hybridized carbons (Fsp3) is 0.294. The largest absolute Gasteiger partial charge is 0.310 e. The van der Waals surface area contributed by atoms with E-state index in [2.05, 4.69) is 60.1 Å². The van der Waals surface area contributed by atoms with Gasteiger partial charge in [-0.25, -0.2) is 0 Å². The number of hydrogen-bond donors (Lipinski definition) is 1. The van der Waals surface area contributed by atoms with Crippen LogP contribution in [0.2, 0.25) is 0 Å². The molecule has 0 fully saturated rings. The van der Waals surface area contributed by atoms with E-state index in [1.54, 1.807) is 0 Å². The molecular formula is C17H19NS2. The van der Waals surface area contributed by atoms with Crippen molar-refractivity contribution in [3.05, 3.63) is 58.3 Å². The summed E-state index contributed by atoms with van der Waals surface area (Å²) >= 11 is 3.78. The third kappa shape index (κ3) is 3.11. The second kappa shape index (κ2) is 6.53. The minimum Gasteiger partial charge on any atom is -0.310 e. The number of aryl methyl sites for hydroxylation is 1. The molecule has 1 nitrogen and oxygen atoms in total. The first kappa shape index (κ1) is 13.8. The summed E-state index contributed by atoms with van der Waals surface area (Å²) in [5.41, 5.74) is 1.42. The molecule has 0 saturated carbocycles. The summed E-state index contributed by atoms with van der Waals surface area (Å²) in [4.78, 5) is 1.48. The molecule has 0 saturated heterocycles. The second-order valence-electron chi connectivity index (χ2n) is 4.93. The number of fused-ring (bicyclic) bond motifs is 1. The molecule has 3 rings (SSSR count). The van der Waals surface area contributed by atoms with E-state index in [4.69, 9.17) is 0 Å². The normalized spacial score (nSPS) is 12.8. The SMILES string of the molecule is CCNC(CCc1ccccc1)c1cc2sccc2s1. The predicted molar refractivity (Wildman–Crippen MR) is 90.9 cm³/mol. The zero-order chi connectivity index (χ0) is 13.8. The summed E-state index contributed by atoms with van der Waals surface area (Å²) < 4.78 is 2.85. The van der Waals surface area contributed by atoms with Crippen LogP contribution in [0, 0.1) is 0 Å². The Balaban J connectivity index is 1.73. The summed E-state index contributed by atoms with van der Waals surface area (Å²) in [5.74, 6) is 0. The van der Waals surface area contributed by atoms with Crippen molar-refractivity contribution in [2.75, 3.05) is 6.54 Å². The van der Waals surface area contributed by atoms with Crippen molar-refractivity contribution < 1.29 is 0 Å². The van der Waals surface area contributed by atoms with E-state index in [1.165, 1.54) is 19.8 Å². The van der Waals surface area contributed by atoms with Gasteiger partial charge in [-0.2, -0.15) is 0 Å². The van der Waals surface area contributed by atoms with Gasteiger partial charge in [0, 0.05) is 20.3 Å². The van der Waals surface area contributed by atoms with E-state index in [-0.39, 0.29) is 0 Å². The minimum absolute atomic E-state index is 0.477. The Morgan fingerprint density at radius 3 is 2.70 bits per heavy atom. The maximum atomic E-state index is 3.63. The van der Waals surface area contributed by atoms with Gasteiger partial charge in [-0.1, -0.05) is 37.3 Å². The zero-order valence-electron chi connectivity index (χ0n) is 11.6. The van der Waals surface area contributed by atoms with Gasteiger partial charge in [0.25, 0.3) is 0 Å². The number of benzene rings is 1. The Bertz CT molecular complexity index is 625. The quantitative estimate of drug-likeness (QED) is 0.656. The van der Waals surface area contributed by atoms with Gasteiger partial charge < -0.3 is 5.32 Å². The first-order chi connectivity index (χ1) is 9.86. The highest BCUT2D eigenvalue weighted by molar-refractivity contribution is 7.26. The molecule has 0 radical (unpaired) electrons. The summed E-state index contributed by atoms with van der Waals surface area (Å²) in [6.07, 6.45) is 2.29. The highest BCUT2D eigenvalue weighted by Gasteiger charge is 2.14. The molecule has 0 aliphatic carbocycles. The average Bonchev–Trinajstić information content (AvgIpc) is 3.05. The Kier molecular flexibility index (Phi) is 4.51. The van der Waals surface area contributed by atoms with E-state index in [9.17, 15) is 0 Å². The molecule has 0 aliphatic rings. The molecule has 1 aromatic carbocycles. The number of rotatable bonds is 6. The van der Waals surface area contributed by atoms with E-state index in [1.807, 2.05) is 22.7 Å². The first-order valence-electron chi connectivity index (χ1n) is 7.11. The molecule has 2 heterocycles. The van der Waals surface area contributed by atoms with Crippen LogP contribution in [-0.2, 0) is 6.42 Å². The fourth-order valence-corrected chi connectivity index (χ4v) is 4.73. The van der Waals surface area contributed by atoms with Crippen LogP contribution in [0.1, 0.15) is 29.8 Å². The van der Waals surface area contributed by atoms with Crippen LogP contribution in [0.15, 0.2) is 47.8 Å². The Morgan fingerprint density at radius 1 is 1.10 bits per heavy atom. The van der Waals surface area contributed by atoms with Crippen molar-refractivity contribution >= 4 is 32.1 Å². The summed E-state index contributed by atoms with van der Waals surface area (Å²) in [6.45, 7) is 3.20. The van der Waals surface area contributed by atoms with Gasteiger partial charge >= 0.3 is 0 Å². The van der Waals surface area contributed by atoms with Crippen LogP contribution in [-0.4, -0.2) is 6.54 Å². The van der Waals surface area contributed by atoms with Crippen LogP contribution >= 0.6 is 22.7 Å². The Morgan fingerprint density at radius 2 is 1.95 bits per heavy atom. The molecule has 3 heteroatoms. The highest BCUT2D eigenvalue weighted by Crippen LogP contribution is 2.34. The van der Waals surface area contributed by atoms with Gasteiger partial charge in [0.15, 0.2) is 0 Å². The average molecular weight is 301 g/mol. The summed E-state index contributed by atoms with van der Waals surface area (Å²) in [5, 5.41) is 5.81. The maximum Gasteiger partial charge on any atom is 0.0454 e. The van der Waals surface area contributed by atoms with E-state index in [0.717, 1.165) is 19.4 Å². The Hall–Kier alpha value is -1.16. The first-order valence-corrected chi connectivity index (χ1v) is 8.80. The lowest BCUT2D eigenvalue weighted by atomic mass is 10.0. The smallest absolute Gasteiger partial charge is 0.0454 e. The molecule has 0 amide bonds. The third-order valence-corrected chi connectivity index (χ3v) is 5.72. The molecule has 0 aliphatic heterocycles. The van der Waals surface area contributed by atoms with Crippen LogP contribution in [0.3, 0.4) is 0 Å². The lowest BCUT2D eigenvalue weighted by Gasteiger charge is -2.16.